The summed E-state index contributed by atoms with van der Waals surface area (Å²) in [5, 5.41) is 14.1. The fourth-order valence-electron chi connectivity index (χ4n) is 3.93. The van der Waals surface area contributed by atoms with Gasteiger partial charge in [-0.05, 0) is 41.3 Å². The lowest BCUT2D eigenvalue weighted by atomic mass is 9.75. The van der Waals surface area contributed by atoms with Crippen LogP contribution in [0.3, 0.4) is 0 Å². The van der Waals surface area contributed by atoms with E-state index in [-0.39, 0.29) is 5.41 Å². The summed E-state index contributed by atoms with van der Waals surface area (Å²) in [5.74, 6) is 0. The Balaban J connectivity index is 1.94. The van der Waals surface area contributed by atoms with E-state index in [2.05, 4.69) is 90.7 Å². The maximum atomic E-state index is 9.54. The van der Waals surface area contributed by atoms with E-state index in [9.17, 15) is 5.26 Å². The lowest BCUT2D eigenvalue weighted by molar-refractivity contribution is -0.401. The number of fused-ring (bicyclic) bond motifs is 3. The first kappa shape index (κ1) is 15.8. The third-order valence-electron chi connectivity index (χ3n) is 5.13. The molecular weight excluding hydrogens is 324 g/mol. The summed E-state index contributed by atoms with van der Waals surface area (Å²) >= 11 is 1.72. The average Bonchev–Trinajstić information content (AvgIpc) is 3.20. The highest BCUT2D eigenvalue weighted by atomic mass is 32.1. The lowest BCUT2D eigenvalue weighted by Crippen LogP contribution is -2.30. The van der Waals surface area contributed by atoms with Crippen LogP contribution in [-0.2, 0) is 5.41 Å². The molecule has 2 nitrogen and oxygen atoms in total. The van der Waals surface area contributed by atoms with Crippen molar-refractivity contribution in [3.63, 3.8) is 0 Å². The number of hydrogen-bond donors (Lipinski definition) is 0. The van der Waals surface area contributed by atoms with Crippen LogP contribution in [0.2, 0.25) is 0 Å². The van der Waals surface area contributed by atoms with Gasteiger partial charge in [0, 0.05) is 22.6 Å². The van der Waals surface area contributed by atoms with E-state index in [4.69, 9.17) is 0 Å². The molecule has 0 aliphatic carbocycles. The van der Waals surface area contributed by atoms with Gasteiger partial charge in [0.2, 0.25) is 5.69 Å². The van der Waals surface area contributed by atoms with Gasteiger partial charge in [0.25, 0.3) is 0 Å². The van der Waals surface area contributed by atoms with Gasteiger partial charge in [-0.3, -0.25) is 0 Å². The Morgan fingerprint density at radius 1 is 1.12 bits per heavy atom. The Labute approximate surface area is 152 Å². The van der Waals surface area contributed by atoms with E-state index < -0.39 is 0 Å². The monoisotopic (exact) mass is 343 g/mol. The van der Waals surface area contributed by atoms with Crippen molar-refractivity contribution >= 4 is 39.6 Å². The third kappa shape index (κ3) is 2.42. The number of benzene rings is 2. The normalized spacial score (nSPS) is 19.6. The highest BCUT2D eigenvalue weighted by molar-refractivity contribution is 7.10. The smallest absolute Gasteiger partial charge is 0.198 e. The molecule has 0 fully saturated rings. The predicted octanol–water partition coefficient (Wildman–Crippen LogP) is 5.51. The van der Waals surface area contributed by atoms with Crippen LogP contribution < -0.4 is 0 Å². The van der Waals surface area contributed by atoms with Crippen molar-refractivity contribution in [2.45, 2.75) is 18.8 Å². The molecule has 2 aromatic carbocycles. The first-order valence-corrected chi connectivity index (χ1v) is 9.25. The molecule has 0 saturated carbocycles. The van der Waals surface area contributed by atoms with Crippen LogP contribution in [0, 0.1) is 11.3 Å². The number of nitrogens with zero attached hydrogens (tertiary/aromatic N) is 2. The SMILES string of the molecule is C[N+]1=C(/C=C/c2cccs2)C(C)(CC#N)c2c1ccc1ccccc21. The zero-order chi connectivity index (χ0) is 17.4. The van der Waals surface area contributed by atoms with Crippen molar-refractivity contribution in [1.29, 1.82) is 5.26 Å². The summed E-state index contributed by atoms with van der Waals surface area (Å²) in [5.41, 5.74) is 3.32. The Bertz CT molecular complexity index is 1050. The molecule has 1 atom stereocenters. The topological polar surface area (TPSA) is 26.8 Å². The fraction of sp³-hybridized carbons (Fsp3) is 0.182. The van der Waals surface area contributed by atoms with Crippen LogP contribution in [0.1, 0.15) is 23.8 Å². The summed E-state index contributed by atoms with van der Waals surface area (Å²) in [6, 6.07) is 19.4. The second-order valence-electron chi connectivity index (χ2n) is 6.64. The molecule has 3 aromatic rings. The number of thiophene rings is 1. The zero-order valence-corrected chi connectivity index (χ0v) is 15.2. The highest BCUT2D eigenvalue weighted by Crippen LogP contribution is 2.45. The van der Waals surface area contributed by atoms with E-state index in [1.165, 1.54) is 32.6 Å². The highest BCUT2D eigenvalue weighted by Gasteiger charge is 2.47. The van der Waals surface area contributed by atoms with Gasteiger partial charge in [-0.15, -0.1) is 11.3 Å². The van der Waals surface area contributed by atoms with E-state index in [1.54, 1.807) is 11.3 Å². The Hall–Kier alpha value is -2.70. The molecule has 1 aromatic heterocycles. The van der Waals surface area contributed by atoms with Crippen LogP contribution in [0.5, 0.6) is 0 Å². The van der Waals surface area contributed by atoms with Crippen LogP contribution >= 0.6 is 11.3 Å². The van der Waals surface area contributed by atoms with Crippen molar-refractivity contribution in [2.24, 2.45) is 0 Å². The van der Waals surface area contributed by atoms with Gasteiger partial charge in [-0.2, -0.15) is 9.84 Å². The average molecular weight is 343 g/mol. The molecule has 1 unspecified atom stereocenters. The largest absolute Gasteiger partial charge is 0.210 e. The molecule has 0 bridgehead atoms. The summed E-state index contributed by atoms with van der Waals surface area (Å²) < 4.78 is 2.24. The minimum atomic E-state index is -0.312. The van der Waals surface area contributed by atoms with Crippen molar-refractivity contribution in [3.05, 3.63) is 70.4 Å². The first-order chi connectivity index (χ1) is 12.1. The summed E-state index contributed by atoms with van der Waals surface area (Å²) in [6.07, 6.45) is 4.79. The number of rotatable bonds is 3. The van der Waals surface area contributed by atoms with E-state index in [0.717, 1.165) is 0 Å². The quantitative estimate of drug-likeness (QED) is 0.576. The maximum Gasteiger partial charge on any atom is 0.210 e. The zero-order valence-electron chi connectivity index (χ0n) is 14.4. The predicted molar refractivity (Wildman–Crippen MR) is 106 cm³/mol. The summed E-state index contributed by atoms with van der Waals surface area (Å²) in [6.45, 7) is 2.19. The van der Waals surface area contributed by atoms with E-state index in [0.29, 0.717) is 6.42 Å². The Kier molecular flexibility index (Phi) is 3.78. The summed E-state index contributed by atoms with van der Waals surface area (Å²) in [7, 11) is 2.10. The van der Waals surface area contributed by atoms with Crippen molar-refractivity contribution < 1.29 is 4.58 Å². The number of hydrogen-bond acceptors (Lipinski definition) is 2. The van der Waals surface area contributed by atoms with Crippen molar-refractivity contribution in [2.75, 3.05) is 7.05 Å². The Morgan fingerprint density at radius 2 is 1.96 bits per heavy atom. The van der Waals surface area contributed by atoms with Crippen molar-refractivity contribution in [3.8, 4) is 6.07 Å². The molecule has 1 aliphatic heterocycles. The maximum absolute atomic E-state index is 9.54. The molecule has 4 rings (SSSR count). The third-order valence-corrected chi connectivity index (χ3v) is 5.97. The molecular formula is C22H19N2S+. The molecule has 0 saturated heterocycles. The lowest BCUT2D eigenvalue weighted by Gasteiger charge is -2.20. The van der Waals surface area contributed by atoms with Gasteiger partial charge in [-0.25, -0.2) is 0 Å². The van der Waals surface area contributed by atoms with Gasteiger partial charge < -0.3 is 0 Å². The van der Waals surface area contributed by atoms with Crippen molar-refractivity contribution in [1.82, 2.24) is 0 Å². The van der Waals surface area contributed by atoms with E-state index >= 15 is 0 Å². The standard InChI is InChI=1S/C22H19N2S/c1-22(13-14-23)20(12-10-17-7-5-15-25-17)24(2)19-11-9-16-6-3-4-8-18(16)21(19)22/h3-12,15H,13H2,1-2H3/q+1/b12-10+. The van der Waals surface area contributed by atoms with Gasteiger partial charge >= 0.3 is 0 Å². The van der Waals surface area contributed by atoms with Gasteiger partial charge in [0.15, 0.2) is 5.71 Å². The molecule has 3 heteroatoms. The molecule has 25 heavy (non-hydrogen) atoms. The minimum Gasteiger partial charge on any atom is -0.198 e. The second-order valence-corrected chi connectivity index (χ2v) is 7.62. The van der Waals surface area contributed by atoms with Gasteiger partial charge in [0.1, 0.15) is 7.05 Å². The molecule has 2 heterocycles. The molecule has 0 spiro atoms. The molecule has 0 N–H and O–H groups in total. The fourth-order valence-corrected chi connectivity index (χ4v) is 4.55. The second kappa shape index (κ2) is 5.98. The van der Waals surface area contributed by atoms with Gasteiger partial charge in [-0.1, -0.05) is 30.3 Å². The van der Waals surface area contributed by atoms with Crippen LogP contribution in [-0.4, -0.2) is 17.3 Å². The number of nitriles is 1. The summed E-state index contributed by atoms with van der Waals surface area (Å²) in [4.78, 5) is 1.22. The van der Waals surface area contributed by atoms with E-state index in [1.807, 2.05) is 0 Å². The molecule has 1 aliphatic rings. The van der Waals surface area contributed by atoms with Crippen LogP contribution in [0.25, 0.3) is 16.8 Å². The Morgan fingerprint density at radius 3 is 2.72 bits per heavy atom. The minimum absolute atomic E-state index is 0.312. The number of allylic oxidation sites excluding steroid dienone is 1. The molecule has 0 radical (unpaired) electrons. The van der Waals surface area contributed by atoms with Gasteiger partial charge in [0.05, 0.1) is 17.9 Å². The first-order valence-electron chi connectivity index (χ1n) is 8.37. The van der Waals surface area contributed by atoms with Crippen LogP contribution in [0.4, 0.5) is 5.69 Å². The molecule has 0 amide bonds. The van der Waals surface area contributed by atoms with Crippen LogP contribution in [0.15, 0.2) is 60.0 Å². The molecule has 122 valence electrons.